The zero-order valence-electron chi connectivity index (χ0n) is 11.0. The summed E-state index contributed by atoms with van der Waals surface area (Å²) in [6.07, 6.45) is 1.23. The number of nitrogens with one attached hydrogen (secondary N) is 1. The summed E-state index contributed by atoms with van der Waals surface area (Å²) >= 11 is 0. The summed E-state index contributed by atoms with van der Waals surface area (Å²) in [6, 6.07) is 10.2. The van der Waals surface area contributed by atoms with E-state index in [1.807, 2.05) is 6.07 Å². The minimum Gasteiger partial charge on any atom is -0.321 e. The highest BCUT2D eigenvalue weighted by atomic mass is 32.2. The number of para-hydroxylation sites is 1. The molecule has 20 heavy (non-hydrogen) atoms. The van der Waals surface area contributed by atoms with Crippen molar-refractivity contribution < 1.29 is 13.2 Å². The lowest BCUT2D eigenvalue weighted by molar-refractivity contribution is 0.102. The number of nitrogens with zero attached hydrogens (tertiary/aromatic N) is 3. The van der Waals surface area contributed by atoms with Gasteiger partial charge in [-0.15, -0.1) is 0 Å². The van der Waals surface area contributed by atoms with Gasteiger partial charge in [0.25, 0.3) is 5.91 Å². The van der Waals surface area contributed by atoms with Crippen molar-refractivity contribution >= 4 is 21.8 Å². The van der Waals surface area contributed by atoms with E-state index in [-0.39, 0.29) is 5.69 Å². The van der Waals surface area contributed by atoms with Crippen molar-refractivity contribution in [2.45, 2.75) is 0 Å². The van der Waals surface area contributed by atoms with Crippen molar-refractivity contribution in [1.82, 2.24) is 13.5 Å². The molecular weight excluding hydrogens is 280 g/mol. The van der Waals surface area contributed by atoms with Crippen molar-refractivity contribution in [2.75, 3.05) is 19.4 Å². The SMILES string of the molecule is CN(C)S(=O)(=O)n1ccc(C(=O)Nc2ccccc2)n1. The largest absolute Gasteiger partial charge is 0.322 e. The molecule has 106 valence electrons. The Labute approximate surface area is 117 Å². The standard InChI is InChI=1S/C12H14N4O3S/c1-15(2)20(18,19)16-9-8-11(14-16)12(17)13-10-6-4-3-5-7-10/h3-9H,1-2H3,(H,13,17). The summed E-state index contributed by atoms with van der Waals surface area (Å²) in [5, 5.41) is 6.40. The topological polar surface area (TPSA) is 84.3 Å². The van der Waals surface area contributed by atoms with Gasteiger partial charge in [-0.1, -0.05) is 18.2 Å². The number of rotatable bonds is 4. The zero-order chi connectivity index (χ0) is 14.8. The Morgan fingerprint density at radius 1 is 1.20 bits per heavy atom. The summed E-state index contributed by atoms with van der Waals surface area (Å²) < 4.78 is 25.4. The average Bonchev–Trinajstić information content (AvgIpc) is 2.90. The monoisotopic (exact) mass is 294 g/mol. The number of hydrogen-bond donors (Lipinski definition) is 1. The molecule has 2 aromatic rings. The van der Waals surface area contributed by atoms with Gasteiger partial charge < -0.3 is 5.32 Å². The lowest BCUT2D eigenvalue weighted by atomic mass is 10.3. The van der Waals surface area contributed by atoms with Crippen LogP contribution in [0, 0.1) is 0 Å². The van der Waals surface area contributed by atoms with Crippen LogP contribution in [0.15, 0.2) is 42.6 Å². The van der Waals surface area contributed by atoms with Crippen LogP contribution in [-0.4, -0.2) is 41.9 Å². The Bertz CT molecular complexity index is 707. The van der Waals surface area contributed by atoms with E-state index >= 15 is 0 Å². The lowest BCUT2D eigenvalue weighted by Crippen LogP contribution is -2.29. The zero-order valence-corrected chi connectivity index (χ0v) is 11.8. The second kappa shape index (κ2) is 5.43. The summed E-state index contributed by atoms with van der Waals surface area (Å²) in [5.74, 6) is -0.469. The van der Waals surface area contributed by atoms with E-state index in [0.29, 0.717) is 5.69 Å². The molecule has 8 heteroatoms. The summed E-state index contributed by atoms with van der Waals surface area (Å²) in [6.45, 7) is 0. The van der Waals surface area contributed by atoms with Gasteiger partial charge in [0.2, 0.25) is 0 Å². The third-order valence-electron chi connectivity index (χ3n) is 2.53. The molecule has 0 radical (unpaired) electrons. The Hall–Kier alpha value is -2.19. The van der Waals surface area contributed by atoms with Gasteiger partial charge in [-0.3, -0.25) is 4.79 Å². The molecule has 0 saturated carbocycles. The molecule has 1 aromatic heterocycles. The Morgan fingerprint density at radius 3 is 2.45 bits per heavy atom. The fourth-order valence-corrected chi connectivity index (χ4v) is 2.18. The highest BCUT2D eigenvalue weighted by molar-refractivity contribution is 7.87. The number of amides is 1. The molecule has 0 saturated heterocycles. The van der Waals surface area contributed by atoms with E-state index < -0.39 is 16.1 Å². The molecule has 1 aromatic carbocycles. The maximum Gasteiger partial charge on any atom is 0.322 e. The highest BCUT2D eigenvalue weighted by Gasteiger charge is 2.19. The quantitative estimate of drug-likeness (QED) is 0.903. The van der Waals surface area contributed by atoms with Crippen LogP contribution in [0.4, 0.5) is 5.69 Å². The molecule has 0 atom stereocenters. The van der Waals surface area contributed by atoms with Crippen LogP contribution < -0.4 is 5.32 Å². The van der Waals surface area contributed by atoms with Crippen LogP contribution in [-0.2, 0) is 10.2 Å². The van der Waals surface area contributed by atoms with Gasteiger partial charge in [-0.2, -0.15) is 21.9 Å². The first-order valence-electron chi connectivity index (χ1n) is 5.76. The molecule has 0 spiro atoms. The summed E-state index contributed by atoms with van der Waals surface area (Å²) in [4.78, 5) is 11.9. The smallest absolute Gasteiger partial charge is 0.321 e. The third-order valence-corrected chi connectivity index (χ3v) is 4.13. The normalized spacial score (nSPS) is 11.6. The number of hydrogen-bond acceptors (Lipinski definition) is 4. The van der Waals surface area contributed by atoms with E-state index in [2.05, 4.69) is 10.4 Å². The van der Waals surface area contributed by atoms with Gasteiger partial charge in [0.05, 0.1) is 0 Å². The van der Waals surface area contributed by atoms with Gasteiger partial charge in [-0.25, -0.2) is 0 Å². The summed E-state index contributed by atoms with van der Waals surface area (Å²) in [5.41, 5.74) is 0.641. The second-order valence-corrected chi connectivity index (χ2v) is 6.18. The minimum atomic E-state index is -3.70. The second-order valence-electron chi connectivity index (χ2n) is 4.18. The fraction of sp³-hybridized carbons (Fsp3) is 0.167. The molecule has 0 fully saturated rings. The van der Waals surface area contributed by atoms with Crippen LogP contribution in [0.25, 0.3) is 0 Å². The predicted molar refractivity (Wildman–Crippen MR) is 74.6 cm³/mol. The van der Waals surface area contributed by atoms with Crippen LogP contribution >= 0.6 is 0 Å². The molecule has 1 amide bonds. The van der Waals surface area contributed by atoms with Crippen molar-refractivity contribution in [1.29, 1.82) is 0 Å². The summed E-state index contributed by atoms with van der Waals surface area (Å²) in [7, 11) is -0.924. The fourth-order valence-electron chi connectivity index (χ4n) is 1.44. The van der Waals surface area contributed by atoms with Gasteiger partial charge in [-0.05, 0) is 18.2 Å². The van der Waals surface area contributed by atoms with Gasteiger partial charge in [0.1, 0.15) is 0 Å². The molecule has 0 unspecified atom stereocenters. The minimum absolute atomic E-state index is 0.0271. The third kappa shape index (κ3) is 2.86. The molecular formula is C12H14N4O3S. The molecule has 0 bridgehead atoms. The van der Waals surface area contributed by atoms with Crippen LogP contribution in [0.1, 0.15) is 10.5 Å². The van der Waals surface area contributed by atoms with Crippen LogP contribution in [0.3, 0.4) is 0 Å². The first-order chi connectivity index (χ1) is 9.41. The van der Waals surface area contributed by atoms with E-state index in [1.54, 1.807) is 24.3 Å². The average molecular weight is 294 g/mol. The number of carbonyl (C=O) groups excluding carboxylic acids is 1. The first-order valence-corrected chi connectivity index (χ1v) is 7.16. The first kappa shape index (κ1) is 14.2. The number of benzene rings is 1. The highest BCUT2D eigenvalue weighted by Crippen LogP contribution is 2.08. The van der Waals surface area contributed by atoms with Crippen LogP contribution in [0.5, 0.6) is 0 Å². The predicted octanol–water partition coefficient (Wildman–Crippen LogP) is 0.790. The molecule has 0 aliphatic carbocycles. The van der Waals surface area contributed by atoms with E-state index in [4.69, 9.17) is 0 Å². The van der Waals surface area contributed by atoms with Gasteiger partial charge >= 0.3 is 10.2 Å². The Kier molecular flexibility index (Phi) is 3.86. The Balaban J connectivity index is 2.19. The van der Waals surface area contributed by atoms with Gasteiger partial charge in [0, 0.05) is 26.0 Å². The molecule has 7 nitrogen and oxygen atoms in total. The molecule has 1 N–H and O–H groups in total. The van der Waals surface area contributed by atoms with Crippen molar-refractivity contribution in [2.24, 2.45) is 0 Å². The van der Waals surface area contributed by atoms with E-state index in [1.165, 1.54) is 26.4 Å². The van der Waals surface area contributed by atoms with Gasteiger partial charge in [0.15, 0.2) is 5.69 Å². The lowest BCUT2D eigenvalue weighted by Gasteiger charge is -2.10. The van der Waals surface area contributed by atoms with E-state index in [0.717, 1.165) is 8.39 Å². The molecule has 1 heterocycles. The number of anilines is 1. The van der Waals surface area contributed by atoms with Crippen LogP contribution in [0.2, 0.25) is 0 Å². The van der Waals surface area contributed by atoms with Crippen molar-refractivity contribution in [3.63, 3.8) is 0 Å². The number of carbonyl (C=O) groups is 1. The van der Waals surface area contributed by atoms with Crippen molar-refractivity contribution in [3.8, 4) is 0 Å². The maximum absolute atomic E-state index is 11.9. The molecule has 2 rings (SSSR count). The molecule has 0 aliphatic rings. The van der Waals surface area contributed by atoms with E-state index in [9.17, 15) is 13.2 Å². The molecule has 0 aliphatic heterocycles. The maximum atomic E-state index is 11.9. The Morgan fingerprint density at radius 2 is 1.85 bits per heavy atom. The van der Waals surface area contributed by atoms with Crippen molar-refractivity contribution in [3.05, 3.63) is 48.3 Å². The number of aromatic nitrogens is 2.